The van der Waals surface area contributed by atoms with Crippen LogP contribution in [0.3, 0.4) is 0 Å². The zero-order chi connectivity index (χ0) is 25.4. The highest BCUT2D eigenvalue weighted by molar-refractivity contribution is 5.73. The molecule has 34 heavy (non-hydrogen) atoms. The van der Waals surface area contributed by atoms with E-state index >= 15 is 4.39 Å². The maximum Gasteiger partial charge on any atom is 0.432 e. The fourth-order valence-corrected chi connectivity index (χ4v) is 3.28. The Morgan fingerprint density at radius 3 is 1.82 bits per heavy atom. The molecule has 3 aromatic carbocycles. The summed E-state index contributed by atoms with van der Waals surface area (Å²) < 4.78 is 131. The van der Waals surface area contributed by atoms with Gasteiger partial charge in [-0.2, -0.15) is 8.78 Å². The van der Waals surface area contributed by atoms with Gasteiger partial charge >= 0.3 is 6.11 Å². The van der Waals surface area contributed by atoms with E-state index in [-0.39, 0.29) is 30.2 Å². The second kappa shape index (κ2) is 9.47. The number of aryl methyl sites for hydroxylation is 1. The van der Waals surface area contributed by atoms with Crippen LogP contribution in [-0.4, -0.2) is 0 Å². The lowest BCUT2D eigenvalue weighted by Crippen LogP contribution is -2.26. The maximum absolute atomic E-state index is 15.0. The third-order valence-corrected chi connectivity index (χ3v) is 4.85. The molecular weight excluding hydrogens is 479 g/mol. The van der Waals surface area contributed by atoms with Gasteiger partial charge in [-0.1, -0.05) is 13.3 Å². The van der Waals surface area contributed by atoms with Gasteiger partial charge in [0.15, 0.2) is 29.0 Å². The molecule has 0 fully saturated rings. The quantitative estimate of drug-likeness (QED) is 0.243. The van der Waals surface area contributed by atoms with E-state index in [0.29, 0.717) is 12.8 Å². The molecule has 0 amide bonds. The van der Waals surface area contributed by atoms with E-state index < -0.39 is 75.0 Å². The highest BCUT2D eigenvalue weighted by Crippen LogP contribution is 2.44. The largest absolute Gasteiger partial charge is 0.432 e. The Kier molecular flexibility index (Phi) is 7.04. The van der Waals surface area contributed by atoms with Crippen molar-refractivity contribution in [2.24, 2.45) is 0 Å². The molecule has 11 heteroatoms. The van der Waals surface area contributed by atoms with Crippen molar-refractivity contribution in [1.82, 2.24) is 0 Å². The van der Waals surface area contributed by atoms with Crippen molar-refractivity contribution in [2.75, 3.05) is 0 Å². The third-order valence-electron chi connectivity index (χ3n) is 4.85. The number of rotatable bonds is 7. The first-order chi connectivity index (χ1) is 15.9. The summed E-state index contributed by atoms with van der Waals surface area (Å²) in [5.74, 6) is -16.3. The molecule has 2 nitrogen and oxygen atoms in total. The zero-order valence-corrected chi connectivity index (χ0v) is 17.2. The number of hydrogen-bond acceptors (Lipinski definition) is 1. The van der Waals surface area contributed by atoms with Gasteiger partial charge in [0, 0.05) is 18.2 Å². The topological polar surface area (TPSA) is 29.1 Å². The van der Waals surface area contributed by atoms with Gasteiger partial charge < -0.3 is 4.74 Å². The predicted molar refractivity (Wildman–Crippen MR) is 101 cm³/mol. The van der Waals surface area contributed by atoms with Crippen LogP contribution in [0.1, 0.15) is 30.9 Å². The fraction of sp³-hybridized carbons (Fsp3) is 0.217. The molecule has 0 saturated heterocycles. The van der Waals surface area contributed by atoms with Crippen LogP contribution in [0.4, 0.5) is 39.5 Å². The van der Waals surface area contributed by atoms with Crippen LogP contribution in [0.15, 0.2) is 30.3 Å². The van der Waals surface area contributed by atoms with Crippen molar-refractivity contribution in [3.8, 4) is 22.6 Å². The summed E-state index contributed by atoms with van der Waals surface area (Å²) in [6.45, 7) is 1.82. The molecule has 0 aromatic heterocycles. The minimum Gasteiger partial charge on any atom is -0.429 e. The minimum atomic E-state index is -5.04. The third kappa shape index (κ3) is 4.78. The monoisotopic (exact) mass is 493 g/mol. The van der Waals surface area contributed by atoms with Crippen molar-refractivity contribution in [3.63, 3.8) is 0 Å². The van der Waals surface area contributed by atoms with E-state index in [1.165, 1.54) is 0 Å². The van der Waals surface area contributed by atoms with E-state index in [4.69, 9.17) is 0 Å². The molecule has 0 spiro atoms. The first-order valence-electron chi connectivity index (χ1n) is 9.76. The lowest BCUT2D eigenvalue weighted by molar-refractivity contribution is -0.189. The van der Waals surface area contributed by atoms with Gasteiger partial charge in [0.25, 0.3) is 0 Å². The molecule has 0 bridgehead atoms. The summed E-state index contributed by atoms with van der Waals surface area (Å²) in [7, 11) is 0. The molecule has 0 aliphatic rings. The van der Waals surface area contributed by atoms with E-state index in [9.17, 15) is 40.2 Å². The van der Waals surface area contributed by atoms with Gasteiger partial charge in [-0.15, -0.1) is 0 Å². The lowest BCUT2D eigenvalue weighted by atomic mass is 9.96. The Labute approximate surface area is 187 Å². The van der Waals surface area contributed by atoms with E-state index in [0.717, 1.165) is 12.1 Å². The lowest BCUT2D eigenvalue weighted by Gasteiger charge is -2.21. The maximum atomic E-state index is 15.0. The molecule has 0 heterocycles. The van der Waals surface area contributed by atoms with Crippen molar-refractivity contribution in [3.05, 3.63) is 82.2 Å². The predicted octanol–water partition coefficient (Wildman–Crippen LogP) is 7.94. The summed E-state index contributed by atoms with van der Waals surface area (Å²) in [6.07, 6.45) is -3.57. The van der Waals surface area contributed by atoms with Gasteiger partial charge in [-0.3, -0.25) is 5.11 Å². The van der Waals surface area contributed by atoms with Gasteiger partial charge in [0.1, 0.15) is 28.8 Å². The number of hydrogen-bond donors (Lipinski definition) is 0. The molecule has 0 atom stereocenters. The Balaban J connectivity index is 2.14. The number of ether oxygens (including phenoxy) is 1. The number of halogens is 9. The van der Waals surface area contributed by atoms with E-state index in [1.807, 2.05) is 6.92 Å². The molecule has 1 radical (unpaired) electrons. The van der Waals surface area contributed by atoms with Crippen molar-refractivity contribution in [1.29, 1.82) is 0 Å². The standard InChI is InChI=1S/C23H14F9O2/c1-2-3-4-10-5-12(24)18(13(25)6-10)19-17(33)9-14(26)20(22(19)30)23(31,32)34-11-7-15(27)21(29)16(28)8-11/h5-9H,2-4H2,1H3. The Morgan fingerprint density at radius 1 is 0.735 bits per heavy atom. The molecular formula is C23H14F9O2. The second-order valence-electron chi connectivity index (χ2n) is 7.28. The molecule has 0 unspecified atom stereocenters. The van der Waals surface area contributed by atoms with Crippen LogP contribution in [0.25, 0.3) is 11.1 Å². The van der Waals surface area contributed by atoms with Crippen LogP contribution >= 0.6 is 0 Å². The number of unbranched alkanes of at least 4 members (excludes halogenated alkanes) is 1. The molecule has 0 saturated carbocycles. The minimum absolute atomic E-state index is 0.0145. The summed E-state index contributed by atoms with van der Waals surface area (Å²) in [5.41, 5.74) is -4.93. The molecule has 3 rings (SSSR count). The van der Waals surface area contributed by atoms with Crippen molar-refractivity contribution >= 4 is 0 Å². The Morgan fingerprint density at radius 2 is 1.29 bits per heavy atom. The Bertz CT molecular complexity index is 1200. The van der Waals surface area contributed by atoms with Gasteiger partial charge in [0.2, 0.25) is 0 Å². The summed E-state index contributed by atoms with van der Waals surface area (Å²) in [4.78, 5) is 0. The molecule has 0 aliphatic heterocycles. The van der Waals surface area contributed by atoms with Crippen molar-refractivity contribution in [2.45, 2.75) is 32.3 Å². The fourth-order valence-electron chi connectivity index (χ4n) is 3.28. The van der Waals surface area contributed by atoms with Crippen LogP contribution in [-0.2, 0) is 17.6 Å². The average molecular weight is 493 g/mol. The average Bonchev–Trinajstić information content (AvgIpc) is 2.71. The zero-order valence-electron chi connectivity index (χ0n) is 17.2. The summed E-state index contributed by atoms with van der Waals surface area (Å²) >= 11 is 0. The van der Waals surface area contributed by atoms with Crippen LogP contribution in [0.5, 0.6) is 11.5 Å². The van der Waals surface area contributed by atoms with E-state index in [1.54, 1.807) is 0 Å². The normalized spacial score (nSPS) is 11.7. The smallest absolute Gasteiger partial charge is 0.429 e. The number of alkyl halides is 2. The summed E-state index contributed by atoms with van der Waals surface area (Å²) in [6, 6.07) is 1.41. The SMILES string of the molecule is CCCCc1cc(F)c(-c2c([O])cc(F)c(C(F)(F)Oc3cc(F)c(F)c(F)c3)c2F)c(F)c1. The molecule has 0 N–H and O–H groups in total. The van der Waals surface area contributed by atoms with Crippen LogP contribution in [0.2, 0.25) is 0 Å². The first-order valence-corrected chi connectivity index (χ1v) is 9.76. The van der Waals surface area contributed by atoms with Crippen LogP contribution in [0, 0.1) is 40.7 Å². The van der Waals surface area contributed by atoms with Gasteiger partial charge in [-0.25, -0.2) is 30.7 Å². The molecule has 0 aliphatic carbocycles. The highest BCUT2D eigenvalue weighted by atomic mass is 19.3. The first kappa shape index (κ1) is 25.3. The van der Waals surface area contributed by atoms with E-state index in [2.05, 4.69) is 4.74 Å². The van der Waals surface area contributed by atoms with Crippen molar-refractivity contribution < 1.29 is 49.4 Å². The van der Waals surface area contributed by atoms with Gasteiger partial charge in [0.05, 0.1) is 11.1 Å². The molecule has 181 valence electrons. The van der Waals surface area contributed by atoms with Gasteiger partial charge in [-0.05, 0) is 30.5 Å². The highest BCUT2D eigenvalue weighted by Gasteiger charge is 2.44. The Hall–Kier alpha value is -3.37. The number of benzene rings is 3. The second-order valence-corrected chi connectivity index (χ2v) is 7.28. The van der Waals surface area contributed by atoms with Crippen LogP contribution < -0.4 is 4.74 Å². The molecule has 3 aromatic rings. The summed E-state index contributed by atoms with van der Waals surface area (Å²) in [5, 5.41) is 12.1.